The number of hydrogen-bond acceptors (Lipinski definition) is 4. The SMILES string of the molecule is CCCNC(C)(CN1CCN(C)CC1C)C(=O)O. The van der Waals surface area contributed by atoms with Crippen LogP contribution in [0.4, 0.5) is 0 Å². The Morgan fingerprint density at radius 2 is 2.17 bits per heavy atom. The summed E-state index contributed by atoms with van der Waals surface area (Å²) in [5, 5.41) is 12.6. The van der Waals surface area contributed by atoms with Gasteiger partial charge in [-0.2, -0.15) is 0 Å². The summed E-state index contributed by atoms with van der Waals surface area (Å²) in [7, 11) is 2.11. The third-order valence-corrected chi connectivity index (χ3v) is 3.72. The molecule has 2 N–H and O–H groups in total. The molecule has 0 amide bonds. The van der Waals surface area contributed by atoms with E-state index < -0.39 is 11.5 Å². The summed E-state index contributed by atoms with van der Waals surface area (Å²) in [6.07, 6.45) is 0.946. The van der Waals surface area contributed by atoms with Crippen LogP contribution in [0.2, 0.25) is 0 Å². The quantitative estimate of drug-likeness (QED) is 0.724. The van der Waals surface area contributed by atoms with E-state index in [9.17, 15) is 9.90 Å². The normalized spacial score (nSPS) is 25.9. The van der Waals surface area contributed by atoms with Crippen molar-refractivity contribution in [3.63, 3.8) is 0 Å². The molecular formula is C13H27N3O2. The second-order valence-electron chi connectivity index (χ2n) is 5.65. The van der Waals surface area contributed by atoms with Gasteiger partial charge in [-0.25, -0.2) is 0 Å². The van der Waals surface area contributed by atoms with Crippen LogP contribution in [0.5, 0.6) is 0 Å². The van der Waals surface area contributed by atoms with Crippen LogP contribution in [-0.4, -0.2) is 72.2 Å². The van der Waals surface area contributed by atoms with Gasteiger partial charge >= 0.3 is 5.97 Å². The van der Waals surface area contributed by atoms with Crippen molar-refractivity contribution in [1.82, 2.24) is 15.1 Å². The fraction of sp³-hybridized carbons (Fsp3) is 0.923. The predicted molar refractivity (Wildman–Crippen MR) is 72.9 cm³/mol. The van der Waals surface area contributed by atoms with Crippen LogP contribution in [0, 0.1) is 0 Å². The fourth-order valence-electron chi connectivity index (χ4n) is 2.42. The fourth-order valence-corrected chi connectivity index (χ4v) is 2.42. The smallest absolute Gasteiger partial charge is 0.324 e. The van der Waals surface area contributed by atoms with E-state index in [4.69, 9.17) is 0 Å². The van der Waals surface area contributed by atoms with Crippen LogP contribution in [0.15, 0.2) is 0 Å². The van der Waals surface area contributed by atoms with Gasteiger partial charge in [-0.3, -0.25) is 9.69 Å². The molecule has 2 unspecified atom stereocenters. The first-order valence-electron chi connectivity index (χ1n) is 6.80. The summed E-state index contributed by atoms with van der Waals surface area (Å²) in [5.74, 6) is -0.762. The van der Waals surface area contributed by atoms with E-state index >= 15 is 0 Å². The van der Waals surface area contributed by atoms with E-state index in [0.717, 1.165) is 32.6 Å². The minimum Gasteiger partial charge on any atom is -0.480 e. The molecule has 1 fully saturated rings. The van der Waals surface area contributed by atoms with Crippen LogP contribution in [0.3, 0.4) is 0 Å². The van der Waals surface area contributed by atoms with E-state index in [1.807, 2.05) is 6.92 Å². The molecule has 5 nitrogen and oxygen atoms in total. The Balaban J connectivity index is 2.63. The molecule has 0 bridgehead atoms. The third-order valence-electron chi connectivity index (χ3n) is 3.72. The van der Waals surface area contributed by atoms with Crippen LogP contribution < -0.4 is 5.32 Å². The van der Waals surface area contributed by atoms with Crippen molar-refractivity contribution in [2.75, 3.05) is 39.8 Å². The number of nitrogens with one attached hydrogen (secondary N) is 1. The molecule has 0 aromatic rings. The summed E-state index contributed by atoms with van der Waals surface area (Å²) in [5.41, 5.74) is -0.847. The summed E-state index contributed by atoms with van der Waals surface area (Å²) in [6, 6.07) is 0.408. The number of rotatable bonds is 6. The van der Waals surface area contributed by atoms with Crippen molar-refractivity contribution in [2.45, 2.75) is 38.8 Å². The lowest BCUT2D eigenvalue weighted by Gasteiger charge is -2.42. The number of aliphatic carboxylic acids is 1. The molecule has 1 aliphatic rings. The van der Waals surface area contributed by atoms with Crippen LogP contribution in [0.25, 0.3) is 0 Å². The van der Waals surface area contributed by atoms with E-state index in [1.165, 1.54) is 0 Å². The molecule has 1 aliphatic heterocycles. The second-order valence-corrected chi connectivity index (χ2v) is 5.65. The number of carbonyl (C=O) groups is 1. The van der Waals surface area contributed by atoms with Gasteiger partial charge in [0.2, 0.25) is 0 Å². The number of carboxylic acids is 1. The zero-order chi connectivity index (χ0) is 13.8. The van der Waals surface area contributed by atoms with Gasteiger partial charge in [-0.05, 0) is 33.9 Å². The molecule has 106 valence electrons. The molecule has 18 heavy (non-hydrogen) atoms. The molecule has 0 aromatic carbocycles. The molecule has 1 heterocycles. The lowest BCUT2D eigenvalue weighted by Crippen LogP contribution is -2.61. The predicted octanol–water partition coefficient (Wildman–Crippen LogP) is 0.465. The molecule has 0 aromatic heterocycles. The van der Waals surface area contributed by atoms with E-state index in [1.54, 1.807) is 6.92 Å². The van der Waals surface area contributed by atoms with Gasteiger partial charge in [-0.1, -0.05) is 6.92 Å². The highest BCUT2D eigenvalue weighted by atomic mass is 16.4. The Kier molecular flexibility index (Phi) is 5.56. The Bertz CT molecular complexity index is 285. The first kappa shape index (κ1) is 15.4. The number of likely N-dealkylation sites (N-methyl/N-ethyl adjacent to an activating group) is 1. The maximum atomic E-state index is 11.5. The standard InChI is InChI=1S/C13H27N3O2/c1-5-6-14-13(3,12(17)18)10-16-8-7-15(4)9-11(16)2/h11,14H,5-10H2,1-4H3,(H,17,18). The van der Waals surface area contributed by atoms with E-state index in [2.05, 4.69) is 29.1 Å². The van der Waals surface area contributed by atoms with Crippen molar-refractivity contribution >= 4 is 5.97 Å². The Hall–Kier alpha value is -0.650. The maximum absolute atomic E-state index is 11.5. The highest BCUT2D eigenvalue weighted by molar-refractivity contribution is 5.78. The summed E-state index contributed by atoms with van der Waals surface area (Å²) >= 11 is 0. The molecular weight excluding hydrogens is 230 g/mol. The van der Waals surface area contributed by atoms with Crippen molar-refractivity contribution in [1.29, 1.82) is 0 Å². The van der Waals surface area contributed by atoms with Gasteiger partial charge in [-0.15, -0.1) is 0 Å². The highest BCUT2D eigenvalue weighted by Gasteiger charge is 2.36. The monoisotopic (exact) mass is 257 g/mol. The largest absolute Gasteiger partial charge is 0.480 e. The first-order chi connectivity index (χ1) is 8.39. The highest BCUT2D eigenvalue weighted by Crippen LogP contribution is 2.14. The average Bonchev–Trinajstić information content (AvgIpc) is 2.30. The van der Waals surface area contributed by atoms with Gasteiger partial charge in [0.25, 0.3) is 0 Å². The van der Waals surface area contributed by atoms with E-state index in [0.29, 0.717) is 12.6 Å². The van der Waals surface area contributed by atoms with Crippen molar-refractivity contribution in [3.8, 4) is 0 Å². The van der Waals surface area contributed by atoms with Gasteiger partial charge in [0.15, 0.2) is 0 Å². The van der Waals surface area contributed by atoms with Crippen LogP contribution in [-0.2, 0) is 4.79 Å². The molecule has 2 atom stereocenters. The van der Waals surface area contributed by atoms with Gasteiger partial charge in [0.1, 0.15) is 5.54 Å². The average molecular weight is 257 g/mol. The Labute approximate surface area is 110 Å². The summed E-state index contributed by atoms with van der Waals surface area (Å²) in [4.78, 5) is 16.0. The minimum absolute atomic E-state index is 0.408. The zero-order valence-corrected chi connectivity index (χ0v) is 12.1. The van der Waals surface area contributed by atoms with Crippen LogP contribution >= 0.6 is 0 Å². The molecule has 5 heteroatoms. The van der Waals surface area contributed by atoms with Gasteiger partial charge in [0, 0.05) is 32.2 Å². The summed E-state index contributed by atoms with van der Waals surface area (Å²) < 4.78 is 0. The summed E-state index contributed by atoms with van der Waals surface area (Å²) in [6.45, 7) is 10.3. The van der Waals surface area contributed by atoms with Crippen molar-refractivity contribution < 1.29 is 9.90 Å². The maximum Gasteiger partial charge on any atom is 0.324 e. The molecule has 0 aliphatic carbocycles. The lowest BCUT2D eigenvalue weighted by atomic mass is 9.99. The van der Waals surface area contributed by atoms with Crippen molar-refractivity contribution in [2.24, 2.45) is 0 Å². The topological polar surface area (TPSA) is 55.8 Å². The third kappa shape index (κ3) is 3.93. The van der Waals surface area contributed by atoms with Gasteiger partial charge in [0.05, 0.1) is 0 Å². The Morgan fingerprint density at radius 3 is 2.67 bits per heavy atom. The molecule has 1 rings (SSSR count). The van der Waals surface area contributed by atoms with Crippen molar-refractivity contribution in [3.05, 3.63) is 0 Å². The molecule has 0 radical (unpaired) electrons. The van der Waals surface area contributed by atoms with E-state index in [-0.39, 0.29) is 0 Å². The second kappa shape index (κ2) is 6.50. The molecule has 0 spiro atoms. The number of piperazine rings is 1. The minimum atomic E-state index is -0.847. The van der Waals surface area contributed by atoms with Crippen LogP contribution in [0.1, 0.15) is 27.2 Å². The number of carboxylic acid groups (broad SMARTS) is 1. The van der Waals surface area contributed by atoms with Gasteiger partial charge < -0.3 is 15.3 Å². The number of hydrogen-bond donors (Lipinski definition) is 2. The molecule has 0 saturated carbocycles. The Morgan fingerprint density at radius 1 is 1.50 bits per heavy atom. The zero-order valence-electron chi connectivity index (χ0n) is 12.1. The first-order valence-corrected chi connectivity index (χ1v) is 6.80. The molecule has 1 saturated heterocycles. The lowest BCUT2D eigenvalue weighted by molar-refractivity contribution is -0.145. The number of nitrogens with zero attached hydrogens (tertiary/aromatic N) is 2.